The summed E-state index contributed by atoms with van der Waals surface area (Å²) in [7, 11) is -3.99. The molecule has 1 aliphatic heterocycles. The van der Waals surface area contributed by atoms with Gasteiger partial charge >= 0.3 is 16.4 Å². The highest BCUT2D eigenvalue weighted by atomic mass is 32.2. The van der Waals surface area contributed by atoms with Crippen molar-refractivity contribution in [2.45, 2.75) is 57.6 Å². The van der Waals surface area contributed by atoms with Gasteiger partial charge in [0.2, 0.25) is 0 Å². The molecule has 1 aliphatic carbocycles. The lowest BCUT2D eigenvalue weighted by molar-refractivity contribution is 0.0256. The SMILES string of the molecule is CC(C)(C)OC(=O)N1C2(CCCC2)COS1(=O)=O. The maximum Gasteiger partial charge on any atom is 0.426 e. The molecule has 7 heteroatoms. The lowest BCUT2D eigenvalue weighted by Crippen LogP contribution is -2.50. The second kappa shape index (κ2) is 4.09. The second-order valence-electron chi connectivity index (χ2n) is 5.90. The van der Waals surface area contributed by atoms with E-state index in [-0.39, 0.29) is 6.61 Å². The summed E-state index contributed by atoms with van der Waals surface area (Å²) in [5, 5.41) is 0. The van der Waals surface area contributed by atoms with E-state index in [1.54, 1.807) is 20.8 Å². The van der Waals surface area contributed by atoms with Crippen molar-refractivity contribution in [3.63, 3.8) is 0 Å². The van der Waals surface area contributed by atoms with Gasteiger partial charge in [0, 0.05) is 0 Å². The summed E-state index contributed by atoms with van der Waals surface area (Å²) in [6.45, 7) is 5.16. The van der Waals surface area contributed by atoms with Crippen molar-refractivity contribution in [1.29, 1.82) is 0 Å². The Labute approximate surface area is 107 Å². The molecule has 0 aromatic heterocycles. The predicted octanol–water partition coefficient (Wildman–Crippen LogP) is 1.81. The molecule has 0 radical (unpaired) electrons. The van der Waals surface area contributed by atoms with Gasteiger partial charge in [-0.3, -0.25) is 4.18 Å². The molecule has 0 atom stereocenters. The third-order valence-electron chi connectivity index (χ3n) is 3.22. The second-order valence-corrected chi connectivity index (χ2v) is 7.35. The lowest BCUT2D eigenvalue weighted by atomic mass is 9.99. The van der Waals surface area contributed by atoms with Crippen LogP contribution in [0.4, 0.5) is 4.79 Å². The van der Waals surface area contributed by atoms with Gasteiger partial charge in [-0.1, -0.05) is 12.8 Å². The van der Waals surface area contributed by atoms with Crippen LogP contribution in [-0.2, 0) is 19.2 Å². The largest absolute Gasteiger partial charge is 0.443 e. The molecule has 1 saturated heterocycles. The lowest BCUT2D eigenvalue weighted by Gasteiger charge is -2.32. The van der Waals surface area contributed by atoms with Crippen molar-refractivity contribution >= 4 is 16.4 Å². The summed E-state index contributed by atoms with van der Waals surface area (Å²) < 4.78 is 34.5. The number of nitrogens with zero attached hydrogens (tertiary/aromatic N) is 1. The first-order chi connectivity index (χ1) is 8.16. The van der Waals surface area contributed by atoms with E-state index < -0.39 is 27.5 Å². The summed E-state index contributed by atoms with van der Waals surface area (Å²) >= 11 is 0. The standard InChI is InChI=1S/C11H19NO5S/c1-10(2,3)17-9(13)12-11(6-4-5-7-11)8-16-18(12,14)15/h4-8H2,1-3H3. The van der Waals surface area contributed by atoms with Crippen molar-refractivity contribution < 1.29 is 22.1 Å². The smallest absolute Gasteiger partial charge is 0.426 e. The third-order valence-corrected chi connectivity index (χ3v) is 4.62. The molecule has 18 heavy (non-hydrogen) atoms. The van der Waals surface area contributed by atoms with E-state index in [0.717, 1.165) is 17.1 Å². The summed E-state index contributed by atoms with van der Waals surface area (Å²) in [5.41, 5.74) is -1.45. The average Bonchev–Trinajstić information content (AvgIpc) is 2.70. The Bertz CT molecular complexity index is 445. The van der Waals surface area contributed by atoms with Crippen LogP contribution < -0.4 is 0 Å². The summed E-state index contributed by atoms with van der Waals surface area (Å²) in [4.78, 5) is 12.1. The molecule has 0 bridgehead atoms. The van der Waals surface area contributed by atoms with E-state index >= 15 is 0 Å². The average molecular weight is 277 g/mol. The zero-order valence-electron chi connectivity index (χ0n) is 10.9. The van der Waals surface area contributed by atoms with Crippen LogP contribution in [0.2, 0.25) is 0 Å². The van der Waals surface area contributed by atoms with E-state index in [2.05, 4.69) is 0 Å². The number of hydrogen-bond acceptors (Lipinski definition) is 5. The first kappa shape index (κ1) is 13.6. The van der Waals surface area contributed by atoms with Gasteiger partial charge in [0.1, 0.15) is 5.60 Å². The Morgan fingerprint density at radius 3 is 2.33 bits per heavy atom. The molecule has 2 aliphatic rings. The molecular weight excluding hydrogens is 258 g/mol. The normalized spacial score (nSPS) is 25.6. The number of carbonyl (C=O) groups is 1. The highest BCUT2D eigenvalue weighted by molar-refractivity contribution is 7.85. The molecule has 1 amide bonds. The van der Waals surface area contributed by atoms with Gasteiger partial charge in [-0.15, -0.1) is 0 Å². The number of rotatable bonds is 0. The summed E-state index contributed by atoms with van der Waals surface area (Å²) in [5.74, 6) is 0. The first-order valence-electron chi connectivity index (χ1n) is 6.09. The zero-order valence-corrected chi connectivity index (χ0v) is 11.7. The maximum absolute atomic E-state index is 12.1. The maximum atomic E-state index is 12.1. The summed E-state index contributed by atoms with van der Waals surface area (Å²) in [6.07, 6.45) is 2.26. The molecule has 1 saturated carbocycles. The number of ether oxygens (including phenoxy) is 1. The van der Waals surface area contributed by atoms with Crippen molar-refractivity contribution in [2.75, 3.05) is 6.61 Å². The van der Waals surface area contributed by atoms with Crippen LogP contribution in [0.1, 0.15) is 46.5 Å². The van der Waals surface area contributed by atoms with E-state index in [0.29, 0.717) is 12.8 Å². The minimum absolute atomic E-state index is 0.0502. The molecule has 0 N–H and O–H groups in total. The third kappa shape index (κ3) is 2.33. The molecule has 1 heterocycles. The van der Waals surface area contributed by atoms with Crippen molar-refractivity contribution in [3.05, 3.63) is 0 Å². The minimum Gasteiger partial charge on any atom is -0.443 e. The highest BCUT2D eigenvalue weighted by Gasteiger charge is 2.56. The molecule has 0 aromatic carbocycles. The van der Waals surface area contributed by atoms with Crippen LogP contribution in [0.15, 0.2) is 0 Å². The molecule has 0 aromatic rings. The molecule has 1 spiro atoms. The molecule has 104 valence electrons. The van der Waals surface area contributed by atoms with Gasteiger partial charge in [-0.05, 0) is 33.6 Å². The van der Waals surface area contributed by atoms with E-state index in [1.807, 2.05) is 0 Å². The highest BCUT2D eigenvalue weighted by Crippen LogP contribution is 2.42. The van der Waals surface area contributed by atoms with E-state index in [1.165, 1.54) is 0 Å². The number of carbonyl (C=O) groups excluding carboxylic acids is 1. The van der Waals surface area contributed by atoms with Crippen molar-refractivity contribution in [3.8, 4) is 0 Å². The predicted molar refractivity (Wildman–Crippen MR) is 64.1 cm³/mol. The van der Waals surface area contributed by atoms with E-state index in [9.17, 15) is 13.2 Å². The first-order valence-corrected chi connectivity index (χ1v) is 7.46. The van der Waals surface area contributed by atoms with Gasteiger partial charge in [-0.25, -0.2) is 4.79 Å². The molecular formula is C11H19NO5S. The van der Waals surface area contributed by atoms with Crippen molar-refractivity contribution in [2.24, 2.45) is 0 Å². The Kier molecular flexibility index (Phi) is 3.09. The Morgan fingerprint density at radius 2 is 1.83 bits per heavy atom. The quantitative estimate of drug-likeness (QED) is 0.675. The van der Waals surface area contributed by atoms with Crippen LogP contribution in [0.5, 0.6) is 0 Å². The van der Waals surface area contributed by atoms with Crippen molar-refractivity contribution in [1.82, 2.24) is 4.31 Å². The Balaban J connectivity index is 2.29. The number of amides is 1. The van der Waals surface area contributed by atoms with Crippen LogP contribution in [0, 0.1) is 0 Å². The zero-order chi connectivity index (χ0) is 13.6. The minimum atomic E-state index is -3.99. The van der Waals surface area contributed by atoms with Gasteiger partial charge in [0.05, 0.1) is 12.1 Å². The summed E-state index contributed by atoms with van der Waals surface area (Å²) in [6, 6.07) is 0. The van der Waals surface area contributed by atoms with Crippen LogP contribution in [0.3, 0.4) is 0 Å². The van der Waals surface area contributed by atoms with Crippen LogP contribution >= 0.6 is 0 Å². The Morgan fingerprint density at radius 1 is 1.28 bits per heavy atom. The van der Waals surface area contributed by atoms with Gasteiger partial charge in [0.15, 0.2) is 0 Å². The van der Waals surface area contributed by atoms with Crippen LogP contribution in [0.25, 0.3) is 0 Å². The molecule has 6 nitrogen and oxygen atoms in total. The molecule has 2 rings (SSSR count). The van der Waals surface area contributed by atoms with E-state index in [4.69, 9.17) is 8.92 Å². The topological polar surface area (TPSA) is 72.9 Å². The fraction of sp³-hybridized carbons (Fsp3) is 0.909. The Hall–Kier alpha value is -0.820. The monoisotopic (exact) mass is 277 g/mol. The fourth-order valence-corrected chi connectivity index (χ4v) is 3.90. The number of hydrogen-bond donors (Lipinski definition) is 0. The van der Waals surface area contributed by atoms with Gasteiger partial charge < -0.3 is 4.74 Å². The molecule has 0 unspecified atom stereocenters. The van der Waals surface area contributed by atoms with Gasteiger partial charge in [0.25, 0.3) is 0 Å². The molecule has 2 fully saturated rings. The van der Waals surface area contributed by atoms with Gasteiger partial charge in [-0.2, -0.15) is 12.7 Å². The van der Waals surface area contributed by atoms with Crippen LogP contribution in [-0.4, -0.2) is 36.6 Å². The fourth-order valence-electron chi connectivity index (χ4n) is 2.50.